The maximum absolute atomic E-state index is 12.8. The number of halogens is 1. The Bertz CT molecular complexity index is 719. The summed E-state index contributed by atoms with van der Waals surface area (Å²) in [5.74, 6) is -0.0273. The first kappa shape index (κ1) is 25.8. The van der Waals surface area contributed by atoms with E-state index in [0.717, 1.165) is 32.1 Å². The van der Waals surface area contributed by atoms with E-state index in [4.69, 9.17) is 21.6 Å². The van der Waals surface area contributed by atoms with E-state index in [1.165, 1.54) is 22.7 Å². The van der Waals surface area contributed by atoms with Gasteiger partial charge in [-0.1, -0.05) is 44.2 Å². The Hall–Kier alpha value is -1.25. The van der Waals surface area contributed by atoms with Gasteiger partial charge >= 0.3 is 13.6 Å². The first-order valence-corrected chi connectivity index (χ1v) is 12.2. The van der Waals surface area contributed by atoms with Gasteiger partial charge in [0.15, 0.2) is 5.69 Å². The lowest BCUT2D eigenvalue weighted by molar-refractivity contribution is -0.396. The smallest absolute Gasteiger partial charge is 0.390 e. The highest BCUT2D eigenvalue weighted by Crippen LogP contribution is 2.43. The van der Waals surface area contributed by atoms with Crippen LogP contribution in [0, 0.1) is 10.1 Å². The summed E-state index contributed by atoms with van der Waals surface area (Å²) in [4.78, 5) is 14.8. The minimum atomic E-state index is -3.59. The van der Waals surface area contributed by atoms with Gasteiger partial charge in [-0.25, -0.2) is 14.7 Å². The topological polar surface area (TPSA) is 117 Å². The van der Waals surface area contributed by atoms with Crippen molar-refractivity contribution in [2.75, 3.05) is 19.0 Å². The number of hydrogen-bond donors (Lipinski definition) is 1. The molecule has 0 saturated heterocycles. The van der Waals surface area contributed by atoms with Crippen molar-refractivity contribution in [1.29, 1.82) is 0 Å². The van der Waals surface area contributed by atoms with Crippen molar-refractivity contribution in [2.45, 2.75) is 59.0 Å². The number of hydrogen-bond acceptors (Lipinski definition) is 5. The quantitative estimate of drug-likeness (QED) is 0.134. The Morgan fingerprint density at radius 3 is 2.62 bits per heavy atom. The SMILES string of the molecule is CCCCCC/C=C/c1nc([N+](=O)[O-])n(C)c1COP(N)(=O)N(CCC)CCCl. The fourth-order valence-corrected chi connectivity index (χ4v) is 4.52. The van der Waals surface area contributed by atoms with Crippen LogP contribution < -0.4 is 5.50 Å². The predicted molar refractivity (Wildman–Crippen MR) is 117 cm³/mol. The number of nitrogens with two attached hydrogens (primary N) is 1. The van der Waals surface area contributed by atoms with Gasteiger partial charge in [0.05, 0.1) is 7.05 Å². The monoisotopic (exact) mass is 449 g/mol. The number of alkyl halides is 1. The second-order valence-corrected chi connectivity index (χ2v) is 9.12. The van der Waals surface area contributed by atoms with Gasteiger partial charge in [-0.3, -0.25) is 9.09 Å². The van der Waals surface area contributed by atoms with Gasteiger partial charge in [-0.05, 0) is 30.3 Å². The molecule has 1 aromatic heterocycles. The van der Waals surface area contributed by atoms with Crippen molar-refractivity contribution in [3.63, 3.8) is 0 Å². The highest BCUT2D eigenvalue weighted by Gasteiger charge is 2.30. The molecule has 0 radical (unpaired) electrons. The summed E-state index contributed by atoms with van der Waals surface area (Å²) >= 11 is 5.77. The highest BCUT2D eigenvalue weighted by atomic mass is 35.5. The third-order valence-electron chi connectivity index (χ3n) is 4.49. The number of unbranched alkanes of at least 4 members (excludes halogenated alkanes) is 4. The Labute approximate surface area is 178 Å². The van der Waals surface area contributed by atoms with Crippen LogP contribution in [-0.4, -0.2) is 38.1 Å². The standard InChI is InChI=1S/C18H33ClN5O4P/c1-4-6-7-8-9-10-11-16-17(22(3)18(21-16)24(25)26)15-28-29(20,27)23(13-5-2)14-12-19/h10-11H,4-9,12-15H2,1-3H3,(H2,20,27)/b11-10+. The Morgan fingerprint density at radius 2 is 2.03 bits per heavy atom. The third-order valence-corrected chi connectivity index (χ3v) is 6.35. The van der Waals surface area contributed by atoms with E-state index < -0.39 is 12.6 Å². The number of nitrogens with zero attached hydrogens (tertiary/aromatic N) is 4. The first-order valence-electron chi connectivity index (χ1n) is 9.99. The van der Waals surface area contributed by atoms with Crippen molar-refractivity contribution in [2.24, 2.45) is 12.6 Å². The predicted octanol–water partition coefficient (Wildman–Crippen LogP) is 4.85. The fraction of sp³-hybridized carbons (Fsp3) is 0.722. The van der Waals surface area contributed by atoms with Gasteiger partial charge in [0.25, 0.3) is 0 Å². The van der Waals surface area contributed by atoms with E-state index in [2.05, 4.69) is 11.9 Å². The Balaban J connectivity index is 2.96. The molecule has 0 aliphatic carbocycles. The Morgan fingerprint density at radius 1 is 1.31 bits per heavy atom. The summed E-state index contributed by atoms with van der Waals surface area (Å²) < 4.78 is 21.2. The normalized spacial score (nSPS) is 14.0. The average molecular weight is 450 g/mol. The van der Waals surface area contributed by atoms with E-state index in [9.17, 15) is 14.7 Å². The molecule has 2 N–H and O–H groups in total. The molecule has 0 bridgehead atoms. The summed E-state index contributed by atoms with van der Waals surface area (Å²) in [6.07, 6.45) is 9.84. The molecule has 0 amide bonds. The van der Waals surface area contributed by atoms with E-state index >= 15 is 0 Å². The van der Waals surface area contributed by atoms with Crippen molar-refractivity contribution in [1.82, 2.24) is 14.2 Å². The number of imidazole rings is 1. The van der Waals surface area contributed by atoms with Crippen molar-refractivity contribution < 1.29 is 14.0 Å². The summed E-state index contributed by atoms with van der Waals surface area (Å²) in [6.45, 7) is 4.76. The molecule has 0 aliphatic heterocycles. The minimum absolute atomic E-state index is 0.150. The third kappa shape index (κ3) is 8.18. The van der Waals surface area contributed by atoms with Crippen molar-refractivity contribution in [3.8, 4) is 0 Å². The van der Waals surface area contributed by atoms with Gasteiger partial charge in [-0.2, -0.15) is 0 Å². The van der Waals surface area contributed by atoms with E-state index in [1.807, 2.05) is 13.0 Å². The second kappa shape index (κ2) is 13.1. The summed E-state index contributed by atoms with van der Waals surface area (Å²) in [5, 5.41) is 11.3. The highest BCUT2D eigenvalue weighted by molar-refractivity contribution is 7.53. The largest absolute Gasteiger partial charge is 0.435 e. The van der Waals surface area contributed by atoms with Crippen LogP contribution in [-0.2, 0) is 22.7 Å². The molecule has 0 spiro atoms. The molecule has 1 atom stereocenters. The van der Waals surface area contributed by atoms with E-state index in [0.29, 0.717) is 24.5 Å². The minimum Gasteiger partial charge on any atom is -0.390 e. The van der Waals surface area contributed by atoms with Crippen LogP contribution in [0.5, 0.6) is 0 Å². The van der Waals surface area contributed by atoms with Crippen LogP contribution in [0.4, 0.5) is 5.95 Å². The van der Waals surface area contributed by atoms with Gasteiger partial charge in [0.2, 0.25) is 0 Å². The molecule has 166 valence electrons. The van der Waals surface area contributed by atoms with Crippen molar-refractivity contribution >= 4 is 31.3 Å². The molecule has 0 aromatic carbocycles. The van der Waals surface area contributed by atoms with Gasteiger partial charge in [0.1, 0.15) is 12.3 Å². The molecule has 1 heterocycles. The fourth-order valence-electron chi connectivity index (χ4n) is 2.87. The van der Waals surface area contributed by atoms with Gasteiger partial charge < -0.3 is 10.1 Å². The lowest BCUT2D eigenvalue weighted by Gasteiger charge is -2.26. The molecule has 0 aliphatic rings. The molecule has 0 saturated carbocycles. The van der Waals surface area contributed by atoms with E-state index in [1.54, 1.807) is 6.08 Å². The molecular weight excluding hydrogens is 417 g/mol. The molecular formula is C18H33ClN5O4P. The molecule has 0 fully saturated rings. The molecule has 9 nitrogen and oxygen atoms in total. The molecule has 1 rings (SSSR count). The zero-order valence-corrected chi connectivity index (χ0v) is 19.2. The van der Waals surface area contributed by atoms with Gasteiger partial charge in [0, 0.05) is 19.0 Å². The number of rotatable bonds is 15. The summed E-state index contributed by atoms with van der Waals surface area (Å²) in [7, 11) is -2.05. The first-order chi connectivity index (χ1) is 13.8. The zero-order valence-electron chi connectivity index (χ0n) is 17.6. The second-order valence-electron chi connectivity index (χ2n) is 6.79. The maximum atomic E-state index is 12.8. The van der Waals surface area contributed by atoms with Crippen LogP contribution >= 0.6 is 19.3 Å². The number of allylic oxidation sites excluding steroid dienone is 1. The lowest BCUT2D eigenvalue weighted by atomic mass is 10.1. The maximum Gasteiger partial charge on any atom is 0.435 e. The summed E-state index contributed by atoms with van der Waals surface area (Å²) in [6, 6.07) is 0. The number of nitro groups is 1. The van der Waals surface area contributed by atoms with Crippen LogP contribution in [0.25, 0.3) is 6.08 Å². The van der Waals surface area contributed by atoms with Crippen LogP contribution in [0.3, 0.4) is 0 Å². The number of aromatic nitrogens is 2. The average Bonchev–Trinajstić information content (AvgIpc) is 2.98. The van der Waals surface area contributed by atoms with Crippen LogP contribution in [0.15, 0.2) is 6.08 Å². The Kier molecular flexibility index (Phi) is 11.7. The van der Waals surface area contributed by atoms with Gasteiger partial charge in [-0.15, -0.1) is 11.6 Å². The zero-order chi connectivity index (χ0) is 21.9. The molecule has 1 aromatic rings. The van der Waals surface area contributed by atoms with Crippen LogP contribution in [0.1, 0.15) is 63.8 Å². The van der Waals surface area contributed by atoms with Crippen molar-refractivity contribution in [3.05, 3.63) is 27.6 Å². The molecule has 1 unspecified atom stereocenters. The summed E-state index contributed by atoms with van der Waals surface area (Å²) in [5.41, 5.74) is 6.81. The van der Waals surface area contributed by atoms with E-state index in [-0.39, 0.29) is 18.4 Å². The molecule has 11 heteroatoms. The van der Waals surface area contributed by atoms with Crippen LogP contribution in [0.2, 0.25) is 0 Å². The molecule has 29 heavy (non-hydrogen) atoms. The lowest BCUT2D eigenvalue weighted by Crippen LogP contribution is -2.28.